The van der Waals surface area contributed by atoms with Gasteiger partial charge in [0.1, 0.15) is 0 Å². The lowest BCUT2D eigenvalue weighted by Gasteiger charge is -2.41. The van der Waals surface area contributed by atoms with Crippen molar-refractivity contribution >= 4 is 22.4 Å². The number of hydrogen-bond acceptors (Lipinski definition) is 4. The molecule has 1 atom stereocenters. The van der Waals surface area contributed by atoms with Crippen molar-refractivity contribution < 1.29 is 8.42 Å². The number of imidazole rings is 1. The fourth-order valence-corrected chi connectivity index (χ4v) is 4.22. The molecule has 1 fully saturated rings. The summed E-state index contributed by atoms with van der Waals surface area (Å²) in [5.74, 6) is 0.446. The normalized spacial score (nSPS) is 22.5. The first kappa shape index (κ1) is 19.4. The van der Waals surface area contributed by atoms with E-state index in [-0.39, 0.29) is 28.9 Å². The number of nitrogens with two attached hydrogens (primary N) is 1. The van der Waals surface area contributed by atoms with Crippen LogP contribution in [0, 0.1) is 11.3 Å². The van der Waals surface area contributed by atoms with Crippen molar-refractivity contribution in [1.29, 1.82) is 0 Å². The Morgan fingerprint density at radius 1 is 1.45 bits per heavy atom. The zero-order chi connectivity index (χ0) is 15.8. The van der Waals surface area contributed by atoms with Crippen LogP contribution < -0.4 is 5.73 Å². The monoisotopic (exact) mass is 350 g/mol. The highest BCUT2D eigenvalue weighted by molar-refractivity contribution is 7.89. The van der Waals surface area contributed by atoms with Gasteiger partial charge in [-0.2, -0.15) is 4.31 Å². The maximum absolute atomic E-state index is 12.7. The first-order valence-corrected chi connectivity index (χ1v) is 8.84. The molecule has 1 aliphatic rings. The number of piperidine rings is 1. The summed E-state index contributed by atoms with van der Waals surface area (Å²) in [6, 6.07) is 0.0300. The van der Waals surface area contributed by atoms with Crippen LogP contribution in [0.3, 0.4) is 0 Å². The molecule has 1 unspecified atom stereocenters. The van der Waals surface area contributed by atoms with Gasteiger partial charge in [0.2, 0.25) is 0 Å². The van der Waals surface area contributed by atoms with Crippen molar-refractivity contribution in [3.05, 3.63) is 12.5 Å². The van der Waals surface area contributed by atoms with Crippen LogP contribution in [0.5, 0.6) is 0 Å². The number of sulfonamides is 1. The summed E-state index contributed by atoms with van der Waals surface area (Å²) in [6.07, 6.45) is 3.89. The highest BCUT2D eigenvalue weighted by Crippen LogP contribution is 2.30. The van der Waals surface area contributed by atoms with Crippen molar-refractivity contribution in [3.8, 4) is 0 Å². The van der Waals surface area contributed by atoms with Crippen molar-refractivity contribution in [2.24, 2.45) is 17.1 Å². The Kier molecular flexibility index (Phi) is 6.06. The molecular weight excluding hydrogens is 324 g/mol. The van der Waals surface area contributed by atoms with E-state index < -0.39 is 10.0 Å². The van der Waals surface area contributed by atoms with Crippen LogP contribution in [-0.2, 0) is 16.6 Å². The molecule has 0 amide bonds. The quantitative estimate of drug-likeness (QED) is 0.896. The lowest BCUT2D eigenvalue weighted by atomic mass is 9.81. The van der Waals surface area contributed by atoms with Crippen molar-refractivity contribution in [2.45, 2.75) is 51.7 Å². The van der Waals surface area contributed by atoms with E-state index in [9.17, 15) is 8.42 Å². The van der Waals surface area contributed by atoms with Crippen molar-refractivity contribution in [3.63, 3.8) is 0 Å². The fraction of sp³-hybridized carbons (Fsp3) is 0.786. The van der Waals surface area contributed by atoms with Crippen LogP contribution in [0.1, 0.15) is 34.1 Å². The molecule has 2 rings (SSSR count). The summed E-state index contributed by atoms with van der Waals surface area (Å²) in [6.45, 7) is 9.86. The van der Waals surface area contributed by atoms with Gasteiger partial charge in [-0.15, -0.1) is 12.4 Å². The molecule has 0 bridgehead atoms. The number of halogens is 1. The topological polar surface area (TPSA) is 81.2 Å². The van der Waals surface area contributed by atoms with E-state index in [1.807, 2.05) is 18.4 Å². The molecule has 1 saturated heterocycles. The van der Waals surface area contributed by atoms with Crippen LogP contribution in [0.2, 0.25) is 0 Å². The van der Waals surface area contributed by atoms with Gasteiger partial charge < -0.3 is 10.3 Å². The number of aromatic nitrogens is 2. The smallest absolute Gasteiger partial charge is 0.262 e. The summed E-state index contributed by atoms with van der Waals surface area (Å²) >= 11 is 0. The average Bonchev–Trinajstić information content (AvgIpc) is 2.80. The standard InChI is InChI=1S/C14H26N4O2S.ClH/c1-11(2)7-17-8-13(16-10-17)21(19,20)18-6-5-12(15)14(3,4)9-18;/h8,10-12H,5-7,9,15H2,1-4H3;1H. The maximum Gasteiger partial charge on any atom is 0.262 e. The highest BCUT2D eigenvalue weighted by Gasteiger charge is 2.39. The van der Waals surface area contributed by atoms with Crippen LogP contribution in [0.25, 0.3) is 0 Å². The van der Waals surface area contributed by atoms with Gasteiger partial charge in [-0.3, -0.25) is 0 Å². The number of rotatable bonds is 4. The van der Waals surface area contributed by atoms with Gasteiger partial charge in [0.15, 0.2) is 5.03 Å². The first-order valence-electron chi connectivity index (χ1n) is 7.40. The average molecular weight is 351 g/mol. The summed E-state index contributed by atoms with van der Waals surface area (Å²) in [4.78, 5) is 4.08. The van der Waals surface area contributed by atoms with E-state index in [1.54, 1.807) is 12.5 Å². The third-order valence-electron chi connectivity index (χ3n) is 4.07. The third kappa shape index (κ3) is 4.01. The molecule has 6 nitrogen and oxygen atoms in total. The van der Waals surface area contributed by atoms with Crippen LogP contribution in [-0.4, -0.2) is 41.4 Å². The van der Waals surface area contributed by atoms with E-state index >= 15 is 0 Å². The maximum atomic E-state index is 12.7. The second-order valence-corrected chi connectivity index (χ2v) is 8.91. The number of nitrogens with zero attached hydrogens (tertiary/aromatic N) is 3. The molecule has 1 aromatic rings. The van der Waals surface area contributed by atoms with Gasteiger partial charge >= 0.3 is 0 Å². The van der Waals surface area contributed by atoms with Gasteiger partial charge in [-0.05, 0) is 17.8 Å². The molecule has 128 valence electrons. The largest absolute Gasteiger partial charge is 0.336 e. The van der Waals surface area contributed by atoms with E-state index in [2.05, 4.69) is 18.8 Å². The van der Waals surface area contributed by atoms with E-state index in [0.29, 0.717) is 25.4 Å². The predicted molar refractivity (Wildman–Crippen MR) is 89.4 cm³/mol. The Morgan fingerprint density at radius 2 is 2.09 bits per heavy atom. The predicted octanol–water partition coefficient (Wildman–Crippen LogP) is 1.71. The van der Waals surface area contributed by atoms with Crippen LogP contribution in [0.4, 0.5) is 0 Å². The molecule has 8 heteroatoms. The van der Waals surface area contributed by atoms with Crippen molar-refractivity contribution in [1.82, 2.24) is 13.9 Å². The first-order chi connectivity index (χ1) is 9.63. The van der Waals surface area contributed by atoms with E-state index in [0.717, 1.165) is 6.54 Å². The molecule has 2 N–H and O–H groups in total. The second-order valence-electron chi connectivity index (χ2n) is 7.02. The summed E-state index contributed by atoms with van der Waals surface area (Å²) < 4.78 is 28.7. The Balaban J connectivity index is 0.00000242. The molecule has 0 aliphatic carbocycles. The van der Waals surface area contributed by atoms with Gasteiger partial charge in [-0.25, -0.2) is 13.4 Å². The number of hydrogen-bond donors (Lipinski definition) is 1. The Labute approximate surface area is 139 Å². The molecule has 0 aromatic carbocycles. The Bertz CT molecular complexity index is 598. The molecule has 0 saturated carbocycles. The zero-order valence-corrected chi connectivity index (χ0v) is 15.3. The summed E-state index contributed by atoms with van der Waals surface area (Å²) in [5, 5.41) is 0.134. The Morgan fingerprint density at radius 3 is 2.64 bits per heavy atom. The molecule has 2 heterocycles. The van der Waals surface area contributed by atoms with Crippen molar-refractivity contribution in [2.75, 3.05) is 13.1 Å². The molecule has 0 spiro atoms. The molecular formula is C14H27ClN4O2S. The van der Waals surface area contributed by atoms with Gasteiger partial charge in [0, 0.05) is 31.9 Å². The van der Waals surface area contributed by atoms with Gasteiger partial charge in [-0.1, -0.05) is 27.7 Å². The van der Waals surface area contributed by atoms with Crippen LogP contribution in [0.15, 0.2) is 17.6 Å². The molecule has 1 aromatic heterocycles. The molecule has 22 heavy (non-hydrogen) atoms. The molecule has 1 aliphatic heterocycles. The molecule has 0 radical (unpaired) electrons. The minimum Gasteiger partial charge on any atom is -0.336 e. The lowest BCUT2D eigenvalue weighted by molar-refractivity contribution is 0.155. The third-order valence-corrected chi connectivity index (χ3v) is 5.80. The van der Waals surface area contributed by atoms with Gasteiger partial charge in [0.05, 0.1) is 6.33 Å². The zero-order valence-electron chi connectivity index (χ0n) is 13.7. The van der Waals surface area contributed by atoms with Gasteiger partial charge in [0.25, 0.3) is 10.0 Å². The van der Waals surface area contributed by atoms with E-state index in [1.165, 1.54) is 4.31 Å². The van der Waals surface area contributed by atoms with Crippen LogP contribution >= 0.6 is 12.4 Å². The minimum absolute atomic E-state index is 0. The second kappa shape index (κ2) is 6.86. The lowest BCUT2D eigenvalue weighted by Crippen LogP contribution is -2.53. The highest BCUT2D eigenvalue weighted by atomic mass is 35.5. The van der Waals surface area contributed by atoms with E-state index in [4.69, 9.17) is 5.73 Å². The summed E-state index contributed by atoms with van der Waals surface area (Å²) in [7, 11) is -3.53. The SMILES string of the molecule is CC(C)Cn1cnc(S(=O)(=O)N2CCC(N)C(C)(C)C2)c1.Cl. The minimum atomic E-state index is -3.53. The fourth-order valence-electron chi connectivity index (χ4n) is 2.66. The Hall–Kier alpha value is -0.630. The summed E-state index contributed by atoms with van der Waals surface area (Å²) in [5.41, 5.74) is 5.86.